The van der Waals surface area contributed by atoms with Crippen LogP contribution in [-0.2, 0) is 6.42 Å². The van der Waals surface area contributed by atoms with Gasteiger partial charge in [0.15, 0.2) is 11.6 Å². The Morgan fingerprint density at radius 2 is 2.04 bits per heavy atom. The Morgan fingerprint density at radius 3 is 2.96 bits per heavy atom. The lowest BCUT2D eigenvalue weighted by atomic mass is 9.87. The minimum atomic E-state index is -0.775. The average Bonchev–Trinajstić information content (AvgIpc) is 2.79. The lowest BCUT2D eigenvalue weighted by Crippen LogP contribution is -2.44. The number of rotatable bonds is 1. The van der Waals surface area contributed by atoms with Crippen LogP contribution in [0.1, 0.15) is 36.3 Å². The van der Waals surface area contributed by atoms with E-state index in [0.717, 1.165) is 44.5 Å². The first-order valence-corrected chi connectivity index (χ1v) is 9.32. The first-order chi connectivity index (χ1) is 12.2. The molecule has 1 N–H and O–H groups in total. The van der Waals surface area contributed by atoms with Crippen LogP contribution >= 0.6 is 0 Å². The number of anilines is 1. The van der Waals surface area contributed by atoms with Gasteiger partial charge in [-0.05, 0) is 67.1 Å². The molecule has 25 heavy (non-hydrogen) atoms. The summed E-state index contributed by atoms with van der Waals surface area (Å²) in [6, 6.07) is 9.24. The normalized spacial score (nSPS) is 24.6. The summed E-state index contributed by atoms with van der Waals surface area (Å²) in [7, 11) is 0. The average molecular weight is 340 g/mol. The highest BCUT2D eigenvalue weighted by atomic mass is 19.2. The molecule has 0 amide bonds. The highest BCUT2D eigenvalue weighted by molar-refractivity contribution is 5.76. The van der Waals surface area contributed by atoms with Gasteiger partial charge in [-0.25, -0.2) is 8.78 Å². The number of nitrogens with one attached hydrogen (secondary N) is 1. The van der Waals surface area contributed by atoms with Crippen LogP contribution in [0.2, 0.25) is 0 Å². The molecule has 2 aromatic carbocycles. The molecule has 0 aromatic heterocycles. The molecule has 0 aliphatic carbocycles. The number of nitrogens with zero attached hydrogens (tertiary/aromatic N) is 1. The first kappa shape index (κ1) is 15.3. The summed E-state index contributed by atoms with van der Waals surface area (Å²) in [6.45, 7) is 3.16. The predicted molar refractivity (Wildman–Crippen MR) is 96.1 cm³/mol. The van der Waals surface area contributed by atoms with Gasteiger partial charge in [0.25, 0.3) is 0 Å². The smallest absolute Gasteiger partial charge is 0.166 e. The van der Waals surface area contributed by atoms with Crippen molar-refractivity contribution in [2.45, 2.75) is 37.6 Å². The van der Waals surface area contributed by atoms with E-state index in [1.54, 1.807) is 12.1 Å². The van der Waals surface area contributed by atoms with Crippen molar-refractivity contribution in [3.8, 4) is 11.1 Å². The van der Waals surface area contributed by atoms with Crippen LogP contribution in [0.5, 0.6) is 0 Å². The van der Waals surface area contributed by atoms with Gasteiger partial charge >= 0.3 is 0 Å². The SMILES string of the molecule is Fc1cccc(-c2cc3c4c(c2)[C@@H]2CNCC[C@@H]2N4CCCC3)c1F. The minimum absolute atomic E-state index is 0.377. The Labute approximate surface area is 146 Å². The van der Waals surface area contributed by atoms with E-state index in [2.05, 4.69) is 22.3 Å². The van der Waals surface area contributed by atoms with E-state index in [9.17, 15) is 8.78 Å². The van der Waals surface area contributed by atoms with E-state index in [4.69, 9.17) is 0 Å². The van der Waals surface area contributed by atoms with Gasteiger partial charge in [-0.2, -0.15) is 0 Å². The Balaban J connectivity index is 1.70. The summed E-state index contributed by atoms with van der Waals surface area (Å²) in [4.78, 5) is 2.61. The Bertz CT molecular complexity index is 833. The van der Waals surface area contributed by atoms with Gasteiger partial charge in [0.2, 0.25) is 0 Å². The monoisotopic (exact) mass is 340 g/mol. The van der Waals surface area contributed by atoms with Crippen LogP contribution in [0.4, 0.5) is 14.5 Å². The third-order valence-corrected chi connectivity index (χ3v) is 6.11. The van der Waals surface area contributed by atoms with E-state index in [0.29, 0.717) is 17.5 Å². The number of piperidine rings is 1. The van der Waals surface area contributed by atoms with Gasteiger partial charge in [0, 0.05) is 36.3 Å². The fraction of sp³-hybridized carbons (Fsp3) is 0.429. The molecule has 0 saturated carbocycles. The van der Waals surface area contributed by atoms with E-state index in [1.165, 1.54) is 29.3 Å². The molecule has 4 heteroatoms. The van der Waals surface area contributed by atoms with Crippen LogP contribution < -0.4 is 10.2 Å². The number of aryl methyl sites for hydroxylation is 1. The summed E-state index contributed by atoms with van der Waals surface area (Å²) >= 11 is 0. The molecule has 0 spiro atoms. The molecule has 1 saturated heterocycles. The molecule has 5 rings (SSSR count). The van der Waals surface area contributed by atoms with Crippen molar-refractivity contribution in [2.75, 3.05) is 24.5 Å². The standard InChI is InChI=1S/C21H22F2N2/c22-18-6-3-5-15(20(18)23)14-10-13-4-1-2-9-25-19-7-8-24-12-17(19)16(11-14)21(13)25/h3,5-6,10-11,17,19,24H,1-2,4,7-9,12H2/t17-,19-/m0/s1. The van der Waals surface area contributed by atoms with Crippen molar-refractivity contribution >= 4 is 5.69 Å². The summed E-state index contributed by atoms with van der Waals surface area (Å²) < 4.78 is 28.1. The molecule has 1 fully saturated rings. The molecular formula is C21H22F2N2. The maximum atomic E-state index is 14.4. The second kappa shape index (κ2) is 5.80. The zero-order valence-electron chi connectivity index (χ0n) is 14.2. The van der Waals surface area contributed by atoms with Crippen molar-refractivity contribution in [3.63, 3.8) is 0 Å². The van der Waals surface area contributed by atoms with E-state index >= 15 is 0 Å². The highest BCUT2D eigenvalue weighted by Gasteiger charge is 2.41. The predicted octanol–water partition coefficient (Wildman–Crippen LogP) is 4.23. The second-order valence-electron chi connectivity index (χ2n) is 7.49. The summed E-state index contributed by atoms with van der Waals surface area (Å²) in [5, 5.41) is 3.52. The third kappa shape index (κ3) is 2.30. The molecule has 2 aromatic rings. The van der Waals surface area contributed by atoms with Gasteiger partial charge in [-0.15, -0.1) is 0 Å². The van der Waals surface area contributed by atoms with Gasteiger partial charge in [0.1, 0.15) is 0 Å². The first-order valence-electron chi connectivity index (χ1n) is 9.32. The quantitative estimate of drug-likeness (QED) is 0.836. The lowest BCUT2D eigenvalue weighted by Gasteiger charge is -2.33. The molecule has 0 radical (unpaired) electrons. The van der Waals surface area contributed by atoms with Gasteiger partial charge in [-0.1, -0.05) is 12.1 Å². The molecule has 2 nitrogen and oxygen atoms in total. The van der Waals surface area contributed by atoms with Crippen LogP contribution in [0.25, 0.3) is 11.1 Å². The van der Waals surface area contributed by atoms with Gasteiger partial charge in [-0.3, -0.25) is 0 Å². The maximum absolute atomic E-state index is 14.4. The number of hydrogen-bond donors (Lipinski definition) is 1. The summed E-state index contributed by atoms with van der Waals surface area (Å²) in [5.74, 6) is -1.06. The van der Waals surface area contributed by atoms with E-state index in [1.807, 2.05) is 0 Å². The molecule has 3 aliphatic heterocycles. The largest absolute Gasteiger partial charge is 0.367 e. The fourth-order valence-corrected chi connectivity index (χ4v) is 5.00. The summed E-state index contributed by atoms with van der Waals surface area (Å²) in [6.07, 6.45) is 4.54. The number of halogens is 2. The Morgan fingerprint density at radius 1 is 1.12 bits per heavy atom. The van der Waals surface area contributed by atoms with Gasteiger partial charge in [0.05, 0.1) is 0 Å². The second-order valence-corrected chi connectivity index (χ2v) is 7.49. The molecule has 2 atom stereocenters. The lowest BCUT2D eigenvalue weighted by molar-refractivity contribution is 0.401. The third-order valence-electron chi connectivity index (χ3n) is 6.11. The van der Waals surface area contributed by atoms with Crippen molar-refractivity contribution < 1.29 is 8.78 Å². The zero-order chi connectivity index (χ0) is 17.0. The minimum Gasteiger partial charge on any atom is -0.367 e. The molecule has 0 bridgehead atoms. The fourth-order valence-electron chi connectivity index (χ4n) is 5.00. The molecular weight excluding hydrogens is 318 g/mol. The molecule has 3 aliphatic rings. The van der Waals surface area contributed by atoms with Crippen molar-refractivity contribution in [3.05, 3.63) is 53.1 Å². The molecule has 3 heterocycles. The van der Waals surface area contributed by atoms with E-state index < -0.39 is 11.6 Å². The van der Waals surface area contributed by atoms with Gasteiger partial charge < -0.3 is 10.2 Å². The zero-order valence-corrected chi connectivity index (χ0v) is 14.2. The van der Waals surface area contributed by atoms with Crippen LogP contribution in [0.3, 0.4) is 0 Å². The van der Waals surface area contributed by atoms with E-state index in [-0.39, 0.29) is 0 Å². The maximum Gasteiger partial charge on any atom is 0.166 e. The molecule has 0 unspecified atom stereocenters. The molecule has 130 valence electrons. The number of fused-ring (bicyclic) bond motifs is 3. The topological polar surface area (TPSA) is 15.3 Å². The van der Waals surface area contributed by atoms with Crippen molar-refractivity contribution in [1.29, 1.82) is 0 Å². The highest BCUT2D eigenvalue weighted by Crippen LogP contribution is 2.48. The van der Waals surface area contributed by atoms with Crippen molar-refractivity contribution in [2.24, 2.45) is 0 Å². The Kier molecular flexibility index (Phi) is 3.56. The summed E-state index contributed by atoms with van der Waals surface area (Å²) in [5.41, 5.74) is 5.22. The van der Waals surface area contributed by atoms with Crippen LogP contribution in [-0.4, -0.2) is 25.7 Å². The Hall–Kier alpha value is -1.94. The number of benzene rings is 2. The van der Waals surface area contributed by atoms with Crippen LogP contribution in [0.15, 0.2) is 30.3 Å². The number of hydrogen-bond acceptors (Lipinski definition) is 2. The van der Waals surface area contributed by atoms with Crippen LogP contribution in [0, 0.1) is 11.6 Å². The van der Waals surface area contributed by atoms with Crippen molar-refractivity contribution in [1.82, 2.24) is 5.32 Å².